The van der Waals surface area contributed by atoms with Gasteiger partial charge in [-0.1, -0.05) is 31.2 Å². The van der Waals surface area contributed by atoms with Gasteiger partial charge in [-0.3, -0.25) is 0 Å². The molecule has 1 atom stereocenters. The second-order valence-electron chi connectivity index (χ2n) is 6.14. The number of nitriles is 1. The first kappa shape index (κ1) is 16.9. The molecular weight excluding hydrogens is 340 g/mol. The predicted molar refractivity (Wildman–Crippen MR) is 103 cm³/mol. The predicted octanol–water partition coefficient (Wildman–Crippen LogP) is 4.67. The molecule has 4 rings (SSSR count). The summed E-state index contributed by atoms with van der Waals surface area (Å²) < 4.78 is 11.6. The summed E-state index contributed by atoms with van der Waals surface area (Å²) in [4.78, 5) is 8.68. The van der Waals surface area contributed by atoms with E-state index in [4.69, 9.17) is 14.4 Å². The molecule has 0 radical (unpaired) electrons. The van der Waals surface area contributed by atoms with Gasteiger partial charge in [-0.2, -0.15) is 5.26 Å². The summed E-state index contributed by atoms with van der Waals surface area (Å²) in [7, 11) is 0. The van der Waals surface area contributed by atoms with Gasteiger partial charge in [0.25, 0.3) is 0 Å². The van der Waals surface area contributed by atoms with E-state index >= 15 is 0 Å². The highest BCUT2D eigenvalue weighted by Gasteiger charge is 2.13. The number of fused-ring (bicyclic) bond motifs is 3. The first-order valence-corrected chi connectivity index (χ1v) is 8.80. The number of hydrogen-bond donors (Lipinski definition) is 1. The van der Waals surface area contributed by atoms with E-state index in [2.05, 4.69) is 21.4 Å². The second-order valence-corrected chi connectivity index (χ2v) is 6.14. The Hall–Kier alpha value is -3.59. The summed E-state index contributed by atoms with van der Waals surface area (Å²) in [6, 6.07) is 17.6. The molecule has 0 bridgehead atoms. The molecule has 0 saturated heterocycles. The number of hydrogen-bond acceptors (Lipinski definition) is 6. The molecule has 0 aliphatic rings. The molecule has 1 unspecified atom stereocenters. The monoisotopic (exact) mass is 358 g/mol. The third kappa shape index (κ3) is 3.40. The minimum absolute atomic E-state index is 0.440. The quantitative estimate of drug-likeness (QED) is 0.539. The number of para-hydroxylation sites is 1. The molecule has 2 heterocycles. The maximum Gasteiger partial charge on any atom is 0.196 e. The van der Waals surface area contributed by atoms with Gasteiger partial charge >= 0.3 is 0 Å². The number of nitrogens with zero attached hydrogens (tertiary/aromatic N) is 3. The van der Waals surface area contributed by atoms with Crippen LogP contribution in [0, 0.1) is 11.3 Å². The molecule has 2 aromatic carbocycles. The average molecular weight is 358 g/mol. The number of benzene rings is 2. The van der Waals surface area contributed by atoms with Gasteiger partial charge in [0.15, 0.2) is 17.5 Å². The van der Waals surface area contributed by atoms with Crippen LogP contribution in [0.3, 0.4) is 0 Å². The highest BCUT2D eigenvalue weighted by molar-refractivity contribution is 6.05. The van der Waals surface area contributed by atoms with E-state index in [1.807, 2.05) is 55.5 Å². The topological polar surface area (TPSA) is 84.0 Å². The molecule has 6 heteroatoms. The van der Waals surface area contributed by atoms with Gasteiger partial charge in [0, 0.05) is 11.9 Å². The lowest BCUT2D eigenvalue weighted by Crippen LogP contribution is -2.12. The molecule has 134 valence electrons. The van der Waals surface area contributed by atoms with Crippen LogP contribution in [0.5, 0.6) is 5.75 Å². The smallest absolute Gasteiger partial charge is 0.196 e. The van der Waals surface area contributed by atoms with Gasteiger partial charge in [0.2, 0.25) is 0 Å². The molecule has 0 spiro atoms. The van der Waals surface area contributed by atoms with Crippen molar-refractivity contribution < 1.29 is 9.15 Å². The number of nitrogens with one attached hydrogen (secondary N) is 1. The lowest BCUT2D eigenvalue weighted by Gasteiger charge is -2.12. The zero-order valence-electron chi connectivity index (χ0n) is 14.8. The van der Waals surface area contributed by atoms with E-state index in [1.165, 1.54) is 6.33 Å². The Morgan fingerprint density at radius 1 is 1.19 bits per heavy atom. The molecule has 2 aromatic heterocycles. The molecule has 6 nitrogen and oxygen atoms in total. The minimum Gasteiger partial charge on any atom is -0.476 e. The van der Waals surface area contributed by atoms with Gasteiger partial charge in [0.05, 0.1) is 0 Å². The number of ether oxygens (including phenoxy) is 1. The zero-order chi connectivity index (χ0) is 18.6. The largest absolute Gasteiger partial charge is 0.476 e. The number of rotatable bonds is 6. The fourth-order valence-electron chi connectivity index (χ4n) is 2.93. The standard InChI is InChI=1S/C21H18N4O2/c1-2-15(11-22)26-16-7-5-6-14(10-16)12-23-21-20-19(24-13-25-21)17-8-3-4-9-18(17)27-20/h3-10,13,15H,2,12H2,1H3,(H,23,24,25). The van der Waals surface area contributed by atoms with Crippen LogP contribution in [0.2, 0.25) is 0 Å². The second kappa shape index (κ2) is 7.34. The van der Waals surface area contributed by atoms with Crippen LogP contribution < -0.4 is 10.1 Å². The van der Waals surface area contributed by atoms with Gasteiger partial charge in [0.1, 0.15) is 29.2 Å². The molecule has 0 aliphatic carbocycles. The van der Waals surface area contributed by atoms with Crippen molar-refractivity contribution in [3.63, 3.8) is 0 Å². The minimum atomic E-state index is -0.440. The van der Waals surface area contributed by atoms with Crippen LogP contribution in [-0.2, 0) is 6.54 Å². The first-order chi connectivity index (χ1) is 13.3. The van der Waals surface area contributed by atoms with Gasteiger partial charge in [-0.15, -0.1) is 0 Å². The van der Waals surface area contributed by atoms with Crippen LogP contribution in [0.15, 0.2) is 59.3 Å². The fourth-order valence-corrected chi connectivity index (χ4v) is 2.93. The van der Waals surface area contributed by atoms with Crippen molar-refractivity contribution in [3.05, 3.63) is 60.4 Å². The van der Waals surface area contributed by atoms with Crippen LogP contribution in [0.25, 0.3) is 22.1 Å². The third-order valence-corrected chi connectivity index (χ3v) is 4.31. The molecule has 1 N–H and O–H groups in total. The van der Waals surface area contributed by atoms with Crippen molar-refractivity contribution in [2.24, 2.45) is 0 Å². The van der Waals surface area contributed by atoms with E-state index in [9.17, 15) is 0 Å². The molecule has 27 heavy (non-hydrogen) atoms. The van der Waals surface area contributed by atoms with E-state index in [0.717, 1.165) is 22.0 Å². The lowest BCUT2D eigenvalue weighted by molar-refractivity contribution is 0.251. The summed E-state index contributed by atoms with van der Waals surface area (Å²) in [5.41, 5.74) is 3.23. The molecule has 0 aliphatic heterocycles. The highest BCUT2D eigenvalue weighted by atomic mass is 16.5. The summed E-state index contributed by atoms with van der Waals surface area (Å²) in [5, 5.41) is 13.3. The van der Waals surface area contributed by atoms with E-state index < -0.39 is 6.10 Å². The lowest BCUT2D eigenvalue weighted by atomic mass is 10.2. The Kier molecular flexibility index (Phi) is 4.58. The van der Waals surface area contributed by atoms with Crippen molar-refractivity contribution in [2.45, 2.75) is 26.0 Å². The van der Waals surface area contributed by atoms with E-state index in [-0.39, 0.29) is 0 Å². The molecular formula is C21H18N4O2. The van der Waals surface area contributed by atoms with Crippen molar-refractivity contribution in [3.8, 4) is 11.8 Å². The van der Waals surface area contributed by atoms with Gasteiger partial charge < -0.3 is 14.5 Å². The normalized spacial score (nSPS) is 12.0. The van der Waals surface area contributed by atoms with Crippen molar-refractivity contribution in [1.29, 1.82) is 5.26 Å². The maximum absolute atomic E-state index is 9.06. The van der Waals surface area contributed by atoms with Crippen molar-refractivity contribution in [2.75, 3.05) is 5.32 Å². The third-order valence-electron chi connectivity index (χ3n) is 4.31. The SMILES string of the molecule is CCC(C#N)Oc1cccc(CNc2ncnc3c2oc2ccccc23)c1. The Balaban J connectivity index is 1.56. The fraction of sp³-hybridized carbons (Fsp3) is 0.190. The summed E-state index contributed by atoms with van der Waals surface area (Å²) in [6.07, 6.45) is 1.74. The summed E-state index contributed by atoms with van der Waals surface area (Å²) >= 11 is 0. The van der Waals surface area contributed by atoms with E-state index in [0.29, 0.717) is 30.1 Å². The Labute approximate surface area is 156 Å². The Morgan fingerprint density at radius 2 is 2.07 bits per heavy atom. The van der Waals surface area contributed by atoms with Crippen LogP contribution in [0.1, 0.15) is 18.9 Å². The van der Waals surface area contributed by atoms with Crippen LogP contribution in [0.4, 0.5) is 5.82 Å². The van der Waals surface area contributed by atoms with Crippen LogP contribution in [-0.4, -0.2) is 16.1 Å². The van der Waals surface area contributed by atoms with E-state index in [1.54, 1.807) is 0 Å². The number of anilines is 1. The van der Waals surface area contributed by atoms with Gasteiger partial charge in [-0.25, -0.2) is 9.97 Å². The van der Waals surface area contributed by atoms with Gasteiger partial charge in [-0.05, 0) is 36.2 Å². The number of aromatic nitrogens is 2. The molecule has 4 aromatic rings. The van der Waals surface area contributed by atoms with Crippen molar-refractivity contribution in [1.82, 2.24) is 9.97 Å². The first-order valence-electron chi connectivity index (χ1n) is 8.80. The summed E-state index contributed by atoms with van der Waals surface area (Å²) in [6.45, 7) is 2.47. The van der Waals surface area contributed by atoms with Crippen LogP contribution >= 0.6 is 0 Å². The Morgan fingerprint density at radius 3 is 2.93 bits per heavy atom. The summed E-state index contributed by atoms with van der Waals surface area (Å²) in [5.74, 6) is 1.32. The Bertz CT molecular complexity index is 1130. The molecule has 0 fully saturated rings. The highest BCUT2D eigenvalue weighted by Crippen LogP contribution is 2.30. The average Bonchev–Trinajstić information content (AvgIpc) is 3.10. The molecule has 0 amide bonds. The zero-order valence-corrected chi connectivity index (χ0v) is 14.8. The number of furan rings is 1. The molecule has 0 saturated carbocycles. The van der Waals surface area contributed by atoms with Crippen molar-refractivity contribution >= 4 is 27.9 Å². The maximum atomic E-state index is 9.06.